The number of hydrogen-bond acceptors (Lipinski definition) is 17. The number of amides is 4. The lowest BCUT2D eigenvalue weighted by molar-refractivity contribution is -0.144. The highest BCUT2D eigenvalue weighted by Crippen LogP contribution is 2.30. The summed E-state index contributed by atoms with van der Waals surface area (Å²) in [6.45, 7) is 16.0. The normalized spacial score (nSPS) is 15.5. The number of hydrogen-bond donors (Lipinski definition) is 5. The molecule has 0 radical (unpaired) electrons. The van der Waals surface area contributed by atoms with Crippen molar-refractivity contribution in [2.24, 2.45) is 11.3 Å². The first kappa shape index (κ1) is 70.8. The van der Waals surface area contributed by atoms with Crippen LogP contribution < -0.4 is 26.0 Å². The Hall–Kier alpha value is -5.33. The molecule has 4 aromatic rings. The van der Waals surface area contributed by atoms with Gasteiger partial charge in [-0.15, -0.1) is 11.3 Å². The molecule has 0 bridgehead atoms. The van der Waals surface area contributed by atoms with Gasteiger partial charge in [0.25, 0.3) is 0 Å². The first-order valence-corrected chi connectivity index (χ1v) is 33.3. The number of aliphatic hydroxyl groups excluding tert-OH is 1. The number of benzene rings is 2. The summed E-state index contributed by atoms with van der Waals surface area (Å²) in [5, 5.41) is 23.0. The Bertz CT molecular complexity index is 2620. The van der Waals surface area contributed by atoms with Crippen molar-refractivity contribution < 1.29 is 52.7 Å². The molecule has 482 valence electrons. The Kier molecular flexibility index (Phi) is 32.2. The maximum Gasteiger partial charge on any atom is 0.246 e. The maximum atomic E-state index is 14.0. The second kappa shape index (κ2) is 39.6. The summed E-state index contributed by atoms with van der Waals surface area (Å²) in [5.74, 6) is 1.33. The Morgan fingerprint density at radius 3 is 1.89 bits per heavy atom. The fourth-order valence-corrected chi connectivity index (χ4v) is 11.1. The topological polar surface area (TPSA) is 237 Å². The van der Waals surface area contributed by atoms with E-state index in [-0.39, 0.29) is 43.8 Å². The molecule has 1 saturated heterocycles. The van der Waals surface area contributed by atoms with Gasteiger partial charge in [0, 0.05) is 117 Å². The number of β-amino-alcohol motifs (C(OH)–C–C–N with tert-alkyl or cyclic N) is 1. The van der Waals surface area contributed by atoms with E-state index in [1.807, 2.05) is 93.7 Å². The third-order valence-electron chi connectivity index (χ3n) is 15.4. The van der Waals surface area contributed by atoms with Gasteiger partial charge in [-0.2, -0.15) is 4.98 Å². The highest BCUT2D eigenvalue weighted by molar-refractivity contribution is 9.10. The molecule has 87 heavy (non-hydrogen) atoms. The lowest BCUT2D eigenvalue weighted by atomic mass is 9.84. The Morgan fingerprint density at radius 1 is 0.759 bits per heavy atom. The molecule has 1 saturated carbocycles. The number of likely N-dealkylation sites (tertiary alicyclic amines) is 1. The van der Waals surface area contributed by atoms with Crippen LogP contribution in [0.25, 0.3) is 10.4 Å². The van der Waals surface area contributed by atoms with E-state index in [9.17, 15) is 24.3 Å². The Balaban J connectivity index is 0.659. The fraction of sp³-hybridized carbons (Fsp3) is 0.646. The molecule has 2 aliphatic rings. The van der Waals surface area contributed by atoms with E-state index in [1.54, 1.807) is 17.5 Å². The highest BCUT2D eigenvalue weighted by atomic mass is 79.9. The van der Waals surface area contributed by atoms with E-state index in [2.05, 4.69) is 52.1 Å². The molecule has 0 spiro atoms. The summed E-state index contributed by atoms with van der Waals surface area (Å²) in [5.41, 5.74) is 4.96. The number of aryl methyl sites for hydroxylation is 1. The van der Waals surface area contributed by atoms with E-state index >= 15 is 0 Å². The first-order valence-electron chi connectivity index (χ1n) is 31.6. The molecule has 3 atom stereocenters. The molecular weight excluding hydrogens is 1190 g/mol. The van der Waals surface area contributed by atoms with Gasteiger partial charge in [0.1, 0.15) is 30.3 Å². The van der Waals surface area contributed by atoms with Crippen molar-refractivity contribution in [3.63, 3.8) is 0 Å². The predicted octanol–water partition coefficient (Wildman–Crippen LogP) is 10.4. The lowest BCUT2D eigenvalue weighted by Gasteiger charge is -2.35. The van der Waals surface area contributed by atoms with Crippen molar-refractivity contribution in [2.75, 3.05) is 110 Å². The van der Waals surface area contributed by atoms with Crippen molar-refractivity contribution in [3.8, 4) is 16.2 Å². The minimum absolute atomic E-state index is 0.00892. The zero-order chi connectivity index (χ0) is 62.1. The van der Waals surface area contributed by atoms with Crippen LogP contribution in [0.1, 0.15) is 141 Å². The van der Waals surface area contributed by atoms with Crippen LogP contribution in [0.4, 0.5) is 17.5 Å². The highest BCUT2D eigenvalue weighted by Gasteiger charge is 2.44. The van der Waals surface area contributed by atoms with Crippen LogP contribution in [0.3, 0.4) is 0 Å². The van der Waals surface area contributed by atoms with Gasteiger partial charge in [-0.25, -0.2) is 9.97 Å². The van der Waals surface area contributed by atoms with Crippen molar-refractivity contribution >= 4 is 68.3 Å². The number of nitrogens with zero attached hydrogens (tertiary/aromatic N) is 5. The maximum absolute atomic E-state index is 14.0. The van der Waals surface area contributed by atoms with E-state index in [4.69, 9.17) is 28.4 Å². The molecule has 0 unspecified atom stereocenters. The molecule has 1 aliphatic heterocycles. The summed E-state index contributed by atoms with van der Waals surface area (Å²) in [4.78, 5) is 70.5. The average Bonchev–Trinajstić information content (AvgIpc) is 2.12. The molecule has 2 fully saturated rings. The van der Waals surface area contributed by atoms with E-state index in [0.29, 0.717) is 51.3 Å². The summed E-state index contributed by atoms with van der Waals surface area (Å²) < 4.78 is 35.7. The minimum atomic E-state index is -0.920. The number of rotatable bonds is 44. The number of anilines is 3. The van der Waals surface area contributed by atoms with Crippen LogP contribution in [0.15, 0.2) is 64.7 Å². The number of unbranched alkanes of at least 4 members (excludes halogenated alkanes) is 7. The molecule has 3 heterocycles. The summed E-state index contributed by atoms with van der Waals surface area (Å²) >= 11 is 5.12. The number of carbonyl (C=O) groups excluding carboxylic acids is 4. The summed E-state index contributed by atoms with van der Waals surface area (Å²) in [7, 11) is 1.89. The van der Waals surface area contributed by atoms with Crippen molar-refractivity contribution in [3.05, 3.63) is 76.0 Å². The third kappa shape index (κ3) is 26.3. The third-order valence-corrected chi connectivity index (χ3v) is 16.9. The monoisotopic (exact) mass is 1290 g/mol. The largest absolute Gasteiger partial charge is 0.494 e. The first-order chi connectivity index (χ1) is 42.2. The van der Waals surface area contributed by atoms with Gasteiger partial charge in [0.2, 0.25) is 29.6 Å². The molecular formula is C65H98BrN9O11S. The Morgan fingerprint density at radius 2 is 1.33 bits per heavy atom. The summed E-state index contributed by atoms with van der Waals surface area (Å²) in [6.07, 6.45) is 16.5. The van der Waals surface area contributed by atoms with Gasteiger partial charge in [0.15, 0.2) is 0 Å². The molecule has 22 heteroatoms. The SMILES string of the molecule is Cc1ncsc1-c1ccc(CNC(=O)[C@@H]2C[C@@H](O)CN2C(=O)[C@@H](NC(=O)COCCCCCOCCCCOCCCCOCCCCOCCCCCOc2ccc(Nc3ncc(Br)c(NCCCN(C)C(=O)C4CCC4)n3)cc2)C(C)(C)C)cc1. The number of carbonyl (C=O) groups is 4. The van der Waals surface area contributed by atoms with Gasteiger partial charge in [-0.05, 0) is 160 Å². The van der Waals surface area contributed by atoms with Crippen LogP contribution in [0.2, 0.25) is 0 Å². The number of ether oxygens (including phenoxy) is 6. The van der Waals surface area contributed by atoms with Crippen molar-refractivity contribution in [1.82, 2.24) is 35.4 Å². The number of thiazole rings is 1. The van der Waals surface area contributed by atoms with E-state index < -0.39 is 35.4 Å². The molecule has 6 rings (SSSR count). The molecule has 2 aromatic heterocycles. The quantitative estimate of drug-likeness (QED) is 0.0259. The fourth-order valence-electron chi connectivity index (χ4n) is 9.95. The molecule has 2 aromatic carbocycles. The van der Waals surface area contributed by atoms with E-state index in [1.165, 1.54) is 4.90 Å². The summed E-state index contributed by atoms with van der Waals surface area (Å²) in [6, 6.07) is 13.9. The van der Waals surface area contributed by atoms with Crippen LogP contribution in [-0.2, 0) is 49.4 Å². The molecule has 4 amide bonds. The van der Waals surface area contributed by atoms with Gasteiger partial charge >= 0.3 is 0 Å². The second-order valence-electron chi connectivity index (χ2n) is 23.7. The lowest BCUT2D eigenvalue weighted by Crippen LogP contribution is -2.58. The van der Waals surface area contributed by atoms with Gasteiger partial charge < -0.3 is 64.6 Å². The molecule has 1 aliphatic carbocycles. The van der Waals surface area contributed by atoms with Crippen LogP contribution in [-0.4, -0.2) is 171 Å². The van der Waals surface area contributed by atoms with Crippen LogP contribution >= 0.6 is 27.3 Å². The van der Waals surface area contributed by atoms with Gasteiger partial charge in [-0.3, -0.25) is 19.2 Å². The van der Waals surface area contributed by atoms with Crippen molar-refractivity contribution in [2.45, 2.75) is 162 Å². The predicted molar refractivity (Wildman–Crippen MR) is 344 cm³/mol. The molecule has 5 N–H and O–H groups in total. The average molecular weight is 1290 g/mol. The number of aromatic nitrogens is 3. The minimum Gasteiger partial charge on any atom is -0.494 e. The number of aliphatic hydroxyl groups is 1. The molecule has 20 nitrogen and oxygen atoms in total. The zero-order valence-electron chi connectivity index (χ0n) is 52.3. The second-order valence-corrected chi connectivity index (χ2v) is 25.5. The number of halogens is 1. The Labute approximate surface area is 528 Å². The van der Waals surface area contributed by atoms with Gasteiger partial charge in [0.05, 0.1) is 33.3 Å². The van der Waals surface area contributed by atoms with Crippen LogP contribution in [0.5, 0.6) is 5.75 Å². The van der Waals surface area contributed by atoms with Gasteiger partial charge in [-0.1, -0.05) is 51.5 Å². The van der Waals surface area contributed by atoms with Crippen molar-refractivity contribution in [1.29, 1.82) is 0 Å². The smallest absolute Gasteiger partial charge is 0.246 e. The zero-order valence-corrected chi connectivity index (χ0v) is 54.7. The number of nitrogens with one attached hydrogen (secondary N) is 4. The standard InChI is InChI=1S/C65H98BrN9O11S/c1-48-58(87-47-70-48)50-24-22-49(23-25-50)43-68-61(78)56-42-53(76)45-75(56)63(80)59(65(2,3)4)72-57(77)46-85-40-10-6-8-32-81-34-12-14-36-83-38-16-17-39-84-37-15-13-35-82-33-9-7-11-41-86-54-28-26-52(27-29-54)71-64-69-44-55(66)60(73-64)67-30-19-31-74(5)62(79)51-20-18-21-51/h22-29,44,47,51,53,56,59,76H,6-21,30-43,45-46H2,1-5H3,(H,68,78)(H,72,77)(H2,67,69,71,73)/t53-,56+,59-/m1/s1. The van der Waals surface area contributed by atoms with E-state index in [0.717, 1.165) is 180 Å². The van der Waals surface area contributed by atoms with Crippen LogP contribution in [0, 0.1) is 18.3 Å².